The van der Waals surface area contributed by atoms with Gasteiger partial charge in [-0.2, -0.15) is 0 Å². The molecular formula is C13H19N5O2. The van der Waals surface area contributed by atoms with Gasteiger partial charge in [0, 0.05) is 6.54 Å². The Labute approximate surface area is 117 Å². The number of pyridine rings is 1. The van der Waals surface area contributed by atoms with Crippen molar-refractivity contribution < 1.29 is 4.92 Å². The standard InChI is InChI=1S/C13H19N5O2/c14-17-13-6-10(18(19)20)5-12(16-13)15-7-11(8-1-2-8)9-3-4-9/h5-6,8-9,11H,1-4,7,14H2,(H2,15,16,17). The van der Waals surface area contributed by atoms with E-state index in [9.17, 15) is 10.1 Å². The fraction of sp³-hybridized carbons (Fsp3) is 0.615. The molecule has 0 spiro atoms. The van der Waals surface area contributed by atoms with Gasteiger partial charge in [-0.3, -0.25) is 10.1 Å². The van der Waals surface area contributed by atoms with Crippen LogP contribution in [-0.4, -0.2) is 16.5 Å². The predicted molar refractivity (Wildman–Crippen MR) is 76.1 cm³/mol. The average molecular weight is 277 g/mol. The van der Waals surface area contributed by atoms with Gasteiger partial charge in [-0.25, -0.2) is 10.8 Å². The minimum atomic E-state index is -0.438. The van der Waals surface area contributed by atoms with Crippen LogP contribution in [0.4, 0.5) is 17.3 Å². The molecule has 0 radical (unpaired) electrons. The summed E-state index contributed by atoms with van der Waals surface area (Å²) in [6.45, 7) is 0.841. The van der Waals surface area contributed by atoms with Crippen molar-refractivity contribution in [2.24, 2.45) is 23.6 Å². The van der Waals surface area contributed by atoms with Crippen LogP contribution in [0.5, 0.6) is 0 Å². The molecule has 2 saturated carbocycles. The maximum atomic E-state index is 10.9. The van der Waals surface area contributed by atoms with E-state index in [1.807, 2.05) is 0 Å². The molecule has 2 aliphatic carbocycles. The number of nitrogens with one attached hydrogen (secondary N) is 2. The summed E-state index contributed by atoms with van der Waals surface area (Å²) < 4.78 is 0. The third-order valence-electron chi connectivity index (χ3n) is 4.14. The number of nitrogens with zero attached hydrogens (tertiary/aromatic N) is 2. The fourth-order valence-electron chi connectivity index (χ4n) is 2.78. The lowest BCUT2D eigenvalue weighted by atomic mass is 9.98. The van der Waals surface area contributed by atoms with E-state index in [2.05, 4.69) is 15.7 Å². The Morgan fingerprint density at radius 2 is 1.90 bits per heavy atom. The molecule has 0 saturated heterocycles. The first-order valence-corrected chi connectivity index (χ1v) is 7.04. The number of nitrogens with two attached hydrogens (primary N) is 1. The average Bonchev–Trinajstić information content (AvgIpc) is 3.31. The summed E-state index contributed by atoms with van der Waals surface area (Å²) in [5, 5.41) is 14.1. The van der Waals surface area contributed by atoms with Crippen molar-refractivity contribution in [2.45, 2.75) is 25.7 Å². The largest absolute Gasteiger partial charge is 0.369 e. The lowest BCUT2D eigenvalue weighted by Gasteiger charge is -2.16. The van der Waals surface area contributed by atoms with Gasteiger partial charge in [0.25, 0.3) is 5.69 Å². The topological polar surface area (TPSA) is 106 Å². The zero-order valence-electron chi connectivity index (χ0n) is 11.2. The van der Waals surface area contributed by atoms with Crippen molar-refractivity contribution in [2.75, 3.05) is 17.3 Å². The van der Waals surface area contributed by atoms with Gasteiger partial charge in [-0.05, 0) is 43.4 Å². The van der Waals surface area contributed by atoms with Crippen molar-refractivity contribution >= 4 is 17.3 Å². The summed E-state index contributed by atoms with van der Waals surface area (Å²) in [6.07, 6.45) is 5.28. The number of aromatic nitrogens is 1. The molecule has 4 N–H and O–H groups in total. The quantitative estimate of drug-likeness (QED) is 0.400. The van der Waals surface area contributed by atoms with Crippen molar-refractivity contribution in [3.63, 3.8) is 0 Å². The molecule has 0 aliphatic heterocycles. The van der Waals surface area contributed by atoms with Gasteiger partial charge in [-0.15, -0.1) is 0 Å². The SMILES string of the molecule is NNc1cc([N+](=O)[O-])cc(NCC(C2CC2)C2CC2)n1. The third kappa shape index (κ3) is 2.98. The zero-order valence-corrected chi connectivity index (χ0v) is 11.2. The summed E-state index contributed by atoms with van der Waals surface area (Å²) in [4.78, 5) is 14.7. The van der Waals surface area contributed by atoms with Crippen LogP contribution in [0.2, 0.25) is 0 Å². The molecule has 1 aromatic rings. The molecule has 1 heterocycles. The Morgan fingerprint density at radius 3 is 2.40 bits per heavy atom. The van der Waals surface area contributed by atoms with Gasteiger partial charge in [0.1, 0.15) is 11.6 Å². The van der Waals surface area contributed by atoms with E-state index in [1.165, 1.54) is 37.8 Å². The molecular weight excluding hydrogens is 258 g/mol. The van der Waals surface area contributed by atoms with Crippen LogP contribution in [0.1, 0.15) is 25.7 Å². The molecule has 20 heavy (non-hydrogen) atoms. The highest BCUT2D eigenvalue weighted by Gasteiger charge is 2.41. The number of hydrogen-bond donors (Lipinski definition) is 3. The highest BCUT2D eigenvalue weighted by molar-refractivity contribution is 5.54. The van der Waals surface area contributed by atoms with Crippen LogP contribution in [0, 0.1) is 27.9 Å². The number of nitrogen functional groups attached to an aromatic ring is 1. The summed E-state index contributed by atoms with van der Waals surface area (Å²) in [5.41, 5.74) is 2.36. The smallest absolute Gasteiger partial charge is 0.276 e. The molecule has 0 atom stereocenters. The monoisotopic (exact) mass is 277 g/mol. The van der Waals surface area contributed by atoms with Gasteiger partial charge < -0.3 is 10.7 Å². The van der Waals surface area contributed by atoms with E-state index in [4.69, 9.17) is 5.84 Å². The Hall–Kier alpha value is -1.89. The Bertz CT molecular complexity index is 501. The second-order valence-corrected chi connectivity index (χ2v) is 5.72. The van der Waals surface area contributed by atoms with Crippen molar-refractivity contribution in [1.82, 2.24) is 4.98 Å². The highest BCUT2D eigenvalue weighted by atomic mass is 16.6. The maximum absolute atomic E-state index is 10.9. The normalized spacial score (nSPS) is 18.1. The summed E-state index contributed by atoms with van der Waals surface area (Å²) in [5.74, 6) is 8.47. The molecule has 0 amide bonds. The first-order chi connectivity index (χ1) is 9.67. The van der Waals surface area contributed by atoms with E-state index < -0.39 is 4.92 Å². The Kier molecular flexibility index (Phi) is 3.43. The van der Waals surface area contributed by atoms with Gasteiger partial charge in [-0.1, -0.05) is 0 Å². The van der Waals surface area contributed by atoms with Crippen LogP contribution in [-0.2, 0) is 0 Å². The Balaban J connectivity index is 1.69. The predicted octanol–water partition coefficient (Wildman–Crippen LogP) is 2.12. The number of hydrogen-bond acceptors (Lipinski definition) is 6. The summed E-state index contributed by atoms with van der Waals surface area (Å²) >= 11 is 0. The van der Waals surface area contributed by atoms with Crippen LogP contribution in [0.25, 0.3) is 0 Å². The molecule has 7 heteroatoms. The first-order valence-electron chi connectivity index (χ1n) is 7.04. The molecule has 2 fully saturated rings. The Morgan fingerprint density at radius 1 is 1.30 bits per heavy atom. The van der Waals surface area contributed by atoms with E-state index in [0.29, 0.717) is 17.6 Å². The number of anilines is 2. The molecule has 108 valence electrons. The molecule has 3 rings (SSSR count). The minimum absolute atomic E-state index is 0.00940. The van der Waals surface area contributed by atoms with E-state index in [1.54, 1.807) is 0 Å². The number of hydrazine groups is 1. The fourth-order valence-corrected chi connectivity index (χ4v) is 2.78. The summed E-state index contributed by atoms with van der Waals surface area (Å²) in [6, 6.07) is 2.78. The molecule has 2 aliphatic rings. The van der Waals surface area contributed by atoms with E-state index in [-0.39, 0.29) is 5.69 Å². The minimum Gasteiger partial charge on any atom is -0.369 e. The lowest BCUT2D eigenvalue weighted by Crippen LogP contribution is -2.19. The molecule has 0 bridgehead atoms. The number of nitro groups is 1. The molecule has 7 nitrogen and oxygen atoms in total. The second-order valence-electron chi connectivity index (χ2n) is 5.72. The van der Waals surface area contributed by atoms with Gasteiger partial charge in [0.2, 0.25) is 0 Å². The molecule has 0 aromatic carbocycles. The van der Waals surface area contributed by atoms with Crippen LogP contribution in [0.15, 0.2) is 12.1 Å². The van der Waals surface area contributed by atoms with E-state index in [0.717, 1.165) is 18.4 Å². The van der Waals surface area contributed by atoms with Gasteiger partial charge in [0.05, 0.1) is 17.1 Å². The third-order valence-corrected chi connectivity index (χ3v) is 4.14. The van der Waals surface area contributed by atoms with Gasteiger partial charge >= 0.3 is 0 Å². The van der Waals surface area contributed by atoms with Crippen molar-refractivity contribution in [1.29, 1.82) is 0 Å². The van der Waals surface area contributed by atoms with Crippen molar-refractivity contribution in [3.8, 4) is 0 Å². The maximum Gasteiger partial charge on any atom is 0.276 e. The summed E-state index contributed by atoms with van der Waals surface area (Å²) in [7, 11) is 0. The van der Waals surface area contributed by atoms with Crippen LogP contribution >= 0.6 is 0 Å². The van der Waals surface area contributed by atoms with E-state index >= 15 is 0 Å². The lowest BCUT2D eigenvalue weighted by molar-refractivity contribution is -0.384. The van der Waals surface area contributed by atoms with Crippen molar-refractivity contribution in [3.05, 3.63) is 22.2 Å². The first kappa shape index (κ1) is 13.1. The van der Waals surface area contributed by atoms with Crippen LogP contribution in [0.3, 0.4) is 0 Å². The van der Waals surface area contributed by atoms with Gasteiger partial charge in [0.15, 0.2) is 0 Å². The number of rotatable bonds is 7. The zero-order chi connectivity index (χ0) is 14.1. The second kappa shape index (κ2) is 5.24. The van der Waals surface area contributed by atoms with Crippen LogP contribution < -0.4 is 16.6 Å². The highest BCUT2D eigenvalue weighted by Crippen LogP contribution is 2.49. The molecule has 1 aromatic heterocycles. The molecule has 0 unspecified atom stereocenters.